The Labute approximate surface area is 188 Å². The van der Waals surface area contributed by atoms with Crippen molar-refractivity contribution in [2.24, 2.45) is 4.99 Å². The van der Waals surface area contributed by atoms with Gasteiger partial charge in [-0.2, -0.15) is 0 Å². The Hall–Kier alpha value is -1.53. The summed E-state index contributed by atoms with van der Waals surface area (Å²) in [5.41, 5.74) is 0.583. The number of para-hydroxylation sites is 1. The van der Waals surface area contributed by atoms with Gasteiger partial charge in [-0.25, -0.2) is 0 Å². The van der Waals surface area contributed by atoms with E-state index in [0.717, 1.165) is 43.7 Å². The summed E-state index contributed by atoms with van der Waals surface area (Å²) in [5.74, 6) is -0.132. The molecule has 0 unspecified atom stereocenters. The van der Waals surface area contributed by atoms with Crippen LogP contribution in [-0.2, 0) is 9.59 Å². The van der Waals surface area contributed by atoms with Crippen molar-refractivity contribution in [2.75, 3.05) is 5.32 Å². The molecule has 0 spiro atoms. The Morgan fingerprint density at radius 3 is 2.43 bits per heavy atom. The second-order valence-corrected chi connectivity index (χ2v) is 10.1. The number of hydrogen-bond acceptors (Lipinski definition) is 4. The van der Waals surface area contributed by atoms with Crippen LogP contribution in [0.25, 0.3) is 0 Å². The van der Waals surface area contributed by atoms with Crippen LogP contribution in [0.1, 0.15) is 70.6 Å². The second-order valence-electron chi connectivity index (χ2n) is 8.54. The van der Waals surface area contributed by atoms with Crippen molar-refractivity contribution in [3.63, 3.8) is 0 Å². The molecule has 5 nitrogen and oxygen atoms in total. The van der Waals surface area contributed by atoms with E-state index in [-0.39, 0.29) is 24.3 Å². The fourth-order valence-corrected chi connectivity index (χ4v) is 6.13. The van der Waals surface area contributed by atoms with Crippen LogP contribution >= 0.6 is 23.4 Å². The molecular weight excluding hydrogens is 418 g/mol. The van der Waals surface area contributed by atoms with E-state index in [1.54, 1.807) is 12.1 Å². The quantitative estimate of drug-likeness (QED) is 0.635. The molecule has 3 fully saturated rings. The van der Waals surface area contributed by atoms with Crippen LogP contribution in [0.2, 0.25) is 5.02 Å². The highest BCUT2D eigenvalue weighted by Crippen LogP contribution is 2.37. The number of carbonyl (C=O) groups is 2. The first-order valence-corrected chi connectivity index (χ1v) is 12.5. The van der Waals surface area contributed by atoms with Crippen LogP contribution in [-0.4, -0.2) is 39.2 Å². The van der Waals surface area contributed by atoms with E-state index in [9.17, 15) is 9.59 Å². The Bertz CT molecular complexity index is 803. The molecule has 4 rings (SSSR count). The second kappa shape index (κ2) is 10.2. The zero-order valence-electron chi connectivity index (χ0n) is 17.3. The Morgan fingerprint density at radius 2 is 1.73 bits per heavy atom. The third kappa shape index (κ3) is 5.20. The van der Waals surface area contributed by atoms with Crippen molar-refractivity contribution in [3.05, 3.63) is 29.3 Å². The summed E-state index contributed by atoms with van der Waals surface area (Å²) in [6, 6.07) is 7.72. The Kier molecular flexibility index (Phi) is 7.37. The molecule has 1 aromatic rings. The molecule has 30 heavy (non-hydrogen) atoms. The number of amidine groups is 1. The Balaban J connectivity index is 1.48. The van der Waals surface area contributed by atoms with E-state index in [4.69, 9.17) is 16.6 Å². The predicted octanol–water partition coefficient (Wildman–Crippen LogP) is 5.63. The number of halogens is 1. The first kappa shape index (κ1) is 21.7. The fourth-order valence-electron chi connectivity index (χ4n) is 4.68. The van der Waals surface area contributed by atoms with Crippen molar-refractivity contribution in [1.82, 2.24) is 4.90 Å². The summed E-state index contributed by atoms with van der Waals surface area (Å²) in [7, 11) is 0. The molecule has 1 aliphatic heterocycles. The fraction of sp³-hybridized carbons (Fsp3) is 0.609. The summed E-state index contributed by atoms with van der Waals surface area (Å²) >= 11 is 7.65. The van der Waals surface area contributed by atoms with E-state index >= 15 is 0 Å². The van der Waals surface area contributed by atoms with Gasteiger partial charge in [0.15, 0.2) is 5.17 Å². The normalized spacial score (nSPS) is 25.1. The average Bonchev–Trinajstić information content (AvgIpc) is 3.05. The molecule has 162 valence electrons. The largest absolute Gasteiger partial charge is 0.325 e. The van der Waals surface area contributed by atoms with E-state index < -0.39 is 5.25 Å². The van der Waals surface area contributed by atoms with Gasteiger partial charge in [0, 0.05) is 12.5 Å². The molecule has 1 atom stereocenters. The summed E-state index contributed by atoms with van der Waals surface area (Å²) in [6.45, 7) is 0. The van der Waals surface area contributed by atoms with Crippen molar-refractivity contribution in [3.8, 4) is 0 Å². The number of nitrogens with zero attached hydrogens (tertiary/aromatic N) is 2. The van der Waals surface area contributed by atoms with Crippen LogP contribution in [0.15, 0.2) is 29.3 Å². The highest BCUT2D eigenvalue weighted by molar-refractivity contribution is 8.15. The van der Waals surface area contributed by atoms with Gasteiger partial charge < -0.3 is 5.32 Å². The van der Waals surface area contributed by atoms with Gasteiger partial charge in [0.05, 0.1) is 16.8 Å². The zero-order valence-corrected chi connectivity index (χ0v) is 18.9. The lowest BCUT2D eigenvalue weighted by molar-refractivity contribution is -0.130. The third-order valence-electron chi connectivity index (χ3n) is 6.29. The lowest BCUT2D eigenvalue weighted by Gasteiger charge is -2.31. The number of rotatable bonds is 5. The van der Waals surface area contributed by atoms with Crippen LogP contribution in [0.4, 0.5) is 5.69 Å². The Morgan fingerprint density at radius 1 is 1.07 bits per heavy atom. The van der Waals surface area contributed by atoms with E-state index in [1.807, 2.05) is 17.0 Å². The molecule has 2 aliphatic carbocycles. The molecule has 0 aromatic heterocycles. The van der Waals surface area contributed by atoms with Crippen LogP contribution in [0.3, 0.4) is 0 Å². The SMILES string of the molecule is O=C(C[C@H]1SC(=NC2CCCCC2)N(C2CCCCC2)C1=O)Nc1ccccc1Cl. The van der Waals surface area contributed by atoms with Gasteiger partial charge in [0.25, 0.3) is 0 Å². The summed E-state index contributed by atoms with van der Waals surface area (Å²) in [5, 5.41) is 3.80. The minimum absolute atomic E-state index is 0.0516. The van der Waals surface area contributed by atoms with Gasteiger partial charge >= 0.3 is 0 Å². The number of benzene rings is 1. The van der Waals surface area contributed by atoms with Gasteiger partial charge in [0.1, 0.15) is 5.25 Å². The first-order chi connectivity index (χ1) is 14.6. The monoisotopic (exact) mass is 447 g/mol. The maximum atomic E-state index is 13.3. The molecule has 1 saturated heterocycles. The first-order valence-electron chi connectivity index (χ1n) is 11.2. The molecule has 2 amide bonds. The lowest BCUT2D eigenvalue weighted by atomic mass is 9.94. The molecule has 2 saturated carbocycles. The van der Waals surface area contributed by atoms with E-state index in [2.05, 4.69) is 5.32 Å². The average molecular weight is 448 g/mol. The van der Waals surface area contributed by atoms with E-state index in [0.29, 0.717) is 16.8 Å². The molecular formula is C23H30ClN3O2S. The van der Waals surface area contributed by atoms with Crippen molar-refractivity contribution >= 4 is 46.0 Å². The standard InChI is InChI=1S/C23H30ClN3O2S/c24-18-13-7-8-14-19(18)26-21(28)15-20-22(29)27(17-11-5-2-6-12-17)23(30-20)25-16-9-3-1-4-10-16/h7-8,13-14,16-17,20H,1-6,9-12,15H2,(H,26,28)/t20-/m1/s1. The third-order valence-corrected chi connectivity index (χ3v) is 7.79. The van der Waals surface area contributed by atoms with Crippen LogP contribution in [0, 0.1) is 0 Å². The number of aliphatic imine (C=N–C) groups is 1. The number of hydrogen-bond donors (Lipinski definition) is 1. The minimum atomic E-state index is -0.406. The molecule has 1 N–H and O–H groups in total. The molecule has 7 heteroatoms. The van der Waals surface area contributed by atoms with Gasteiger partial charge in [-0.1, -0.05) is 74.0 Å². The van der Waals surface area contributed by atoms with Crippen LogP contribution < -0.4 is 5.32 Å². The summed E-state index contributed by atoms with van der Waals surface area (Å²) in [6.07, 6.45) is 11.7. The maximum Gasteiger partial charge on any atom is 0.242 e. The minimum Gasteiger partial charge on any atom is -0.325 e. The van der Waals surface area contributed by atoms with Gasteiger partial charge in [-0.15, -0.1) is 0 Å². The number of carbonyl (C=O) groups excluding carboxylic acids is 2. The maximum absolute atomic E-state index is 13.3. The number of anilines is 1. The lowest BCUT2D eigenvalue weighted by Crippen LogP contribution is -2.43. The highest BCUT2D eigenvalue weighted by Gasteiger charge is 2.43. The number of thioether (sulfide) groups is 1. The summed E-state index contributed by atoms with van der Waals surface area (Å²) < 4.78 is 0. The van der Waals surface area contributed by atoms with Crippen LogP contribution in [0.5, 0.6) is 0 Å². The molecule has 1 aromatic carbocycles. The topological polar surface area (TPSA) is 61.8 Å². The van der Waals surface area contributed by atoms with Gasteiger partial charge in [-0.3, -0.25) is 19.5 Å². The van der Waals surface area contributed by atoms with Gasteiger partial charge in [-0.05, 0) is 37.8 Å². The molecule has 1 heterocycles. The van der Waals surface area contributed by atoms with E-state index in [1.165, 1.54) is 37.4 Å². The van der Waals surface area contributed by atoms with Crippen molar-refractivity contribution in [2.45, 2.75) is 88.0 Å². The predicted molar refractivity (Wildman–Crippen MR) is 124 cm³/mol. The highest BCUT2D eigenvalue weighted by atomic mass is 35.5. The molecule has 0 radical (unpaired) electrons. The van der Waals surface area contributed by atoms with Gasteiger partial charge in [0.2, 0.25) is 11.8 Å². The number of amides is 2. The van der Waals surface area contributed by atoms with Crippen molar-refractivity contribution in [1.29, 1.82) is 0 Å². The number of nitrogens with one attached hydrogen (secondary N) is 1. The smallest absolute Gasteiger partial charge is 0.242 e. The molecule has 0 bridgehead atoms. The summed E-state index contributed by atoms with van der Waals surface area (Å²) in [4.78, 5) is 33.0. The zero-order chi connectivity index (χ0) is 20.9. The van der Waals surface area contributed by atoms with Crippen molar-refractivity contribution < 1.29 is 9.59 Å². The molecule has 3 aliphatic rings.